The Balaban J connectivity index is 0.947. The number of aromatic amines is 2. The zero-order valence-electron chi connectivity index (χ0n) is 33.5. The van der Waals surface area contributed by atoms with E-state index in [1.54, 1.807) is 0 Å². The maximum absolute atomic E-state index is 14.3. The van der Waals surface area contributed by atoms with Crippen molar-refractivity contribution in [3.8, 4) is 33.8 Å². The van der Waals surface area contributed by atoms with Crippen molar-refractivity contribution < 1.29 is 14.0 Å². The Kier molecular flexibility index (Phi) is 11.6. The minimum atomic E-state index is -0.325. The molecule has 1 aliphatic rings. The number of nitrogens with zero attached hydrogens (tertiary/aromatic N) is 5. The fourth-order valence-corrected chi connectivity index (χ4v) is 8.24. The van der Waals surface area contributed by atoms with Gasteiger partial charge in [0.15, 0.2) is 0 Å². The van der Waals surface area contributed by atoms with Crippen LogP contribution in [0.25, 0.3) is 44.8 Å². The average molecular weight is 774 g/mol. The van der Waals surface area contributed by atoms with Crippen LogP contribution in [-0.4, -0.2) is 72.6 Å². The summed E-state index contributed by atoms with van der Waals surface area (Å²) in [6.07, 6.45) is 6.77. The molecule has 2 N–H and O–H groups in total. The first kappa shape index (κ1) is 38.6. The number of carbonyl (C=O) groups is 2. The molecular formula is C48H51N7O3. The van der Waals surface area contributed by atoms with Crippen LogP contribution in [0.2, 0.25) is 0 Å². The standard InChI is InChI=1S/C48H51N7O3/c1-4-25-54(45(56)27-33-14-9-7-10-15-33)32-44-49-30-39(51-44)34-19-21-35(22-20-34)43-29-38-28-37(23-24-42(38)58-43)40-31-50-47(52-40)41-18-13-26-55(41)48(57)46(53(5-2)6-3)36-16-11-8-12-17-36/h7-12,14-17,19-24,28-31,41,46H,4-6,13,18,25-27,32H2,1-3H3,(H,49,51)(H,50,52). The molecule has 296 valence electrons. The Morgan fingerprint density at radius 2 is 1.50 bits per heavy atom. The number of hydrogen-bond donors (Lipinski definition) is 2. The highest BCUT2D eigenvalue weighted by Gasteiger charge is 2.38. The number of hydrogen-bond acceptors (Lipinski definition) is 6. The Bertz CT molecular complexity index is 2450. The van der Waals surface area contributed by atoms with Gasteiger partial charge in [0.05, 0.1) is 42.8 Å². The molecular weight excluding hydrogens is 723 g/mol. The second-order valence-electron chi connectivity index (χ2n) is 15.1. The van der Waals surface area contributed by atoms with E-state index in [9.17, 15) is 9.59 Å². The lowest BCUT2D eigenvalue weighted by Gasteiger charge is -2.34. The monoisotopic (exact) mass is 773 g/mol. The molecule has 4 aromatic carbocycles. The molecule has 0 spiro atoms. The van der Waals surface area contributed by atoms with Gasteiger partial charge in [-0.3, -0.25) is 14.5 Å². The third kappa shape index (κ3) is 8.24. The normalized spacial score (nSPS) is 14.7. The quantitative estimate of drug-likeness (QED) is 0.107. The minimum absolute atomic E-state index is 0.0926. The highest BCUT2D eigenvalue weighted by Crippen LogP contribution is 2.37. The van der Waals surface area contributed by atoms with Crippen molar-refractivity contribution >= 4 is 22.8 Å². The van der Waals surface area contributed by atoms with E-state index >= 15 is 0 Å². The molecule has 10 heteroatoms. The van der Waals surface area contributed by atoms with E-state index in [-0.39, 0.29) is 23.9 Å². The van der Waals surface area contributed by atoms with E-state index in [0.29, 0.717) is 26.1 Å². The van der Waals surface area contributed by atoms with Gasteiger partial charge < -0.3 is 24.2 Å². The maximum atomic E-state index is 14.3. The van der Waals surface area contributed by atoms with Gasteiger partial charge in [-0.25, -0.2) is 9.97 Å². The first-order chi connectivity index (χ1) is 28.4. The predicted molar refractivity (Wildman–Crippen MR) is 228 cm³/mol. The van der Waals surface area contributed by atoms with Crippen LogP contribution < -0.4 is 0 Å². The predicted octanol–water partition coefficient (Wildman–Crippen LogP) is 9.61. The first-order valence-corrected chi connectivity index (χ1v) is 20.6. The van der Waals surface area contributed by atoms with Crippen LogP contribution in [0.15, 0.2) is 126 Å². The molecule has 0 bridgehead atoms. The van der Waals surface area contributed by atoms with E-state index in [2.05, 4.69) is 89.2 Å². The number of furan rings is 1. The van der Waals surface area contributed by atoms with Gasteiger partial charge in [0.25, 0.3) is 0 Å². The van der Waals surface area contributed by atoms with Crippen LogP contribution >= 0.6 is 0 Å². The number of nitrogens with one attached hydrogen (secondary N) is 2. The molecule has 0 aliphatic carbocycles. The van der Waals surface area contributed by atoms with Gasteiger partial charge in [0.2, 0.25) is 11.8 Å². The molecule has 0 radical (unpaired) electrons. The minimum Gasteiger partial charge on any atom is -0.456 e. The second kappa shape index (κ2) is 17.5. The van der Waals surface area contributed by atoms with Gasteiger partial charge in [0.1, 0.15) is 29.0 Å². The molecule has 2 unspecified atom stereocenters. The number of likely N-dealkylation sites (tertiary alicyclic amines) is 1. The lowest BCUT2D eigenvalue weighted by molar-refractivity contribution is -0.138. The summed E-state index contributed by atoms with van der Waals surface area (Å²) in [5, 5.41) is 0.993. The van der Waals surface area contributed by atoms with E-state index < -0.39 is 0 Å². The smallest absolute Gasteiger partial charge is 0.245 e. The molecule has 10 nitrogen and oxygen atoms in total. The number of rotatable bonds is 15. The van der Waals surface area contributed by atoms with Crippen LogP contribution in [0, 0.1) is 0 Å². The molecule has 2 atom stereocenters. The Morgan fingerprint density at radius 1 is 0.810 bits per heavy atom. The summed E-state index contributed by atoms with van der Waals surface area (Å²) >= 11 is 0. The maximum Gasteiger partial charge on any atom is 0.245 e. The molecule has 1 fully saturated rings. The lowest BCUT2D eigenvalue weighted by Crippen LogP contribution is -2.43. The average Bonchev–Trinajstić information content (AvgIpc) is 4.10. The summed E-state index contributed by atoms with van der Waals surface area (Å²) in [6, 6.07) is 36.0. The molecule has 4 heterocycles. The van der Waals surface area contributed by atoms with Crippen molar-refractivity contribution in [2.75, 3.05) is 26.2 Å². The number of H-pyrrole nitrogens is 2. The number of fused-ring (bicyclic) bond motifs is 1. The number of likely N-dealkylation sites (N-methyl/N-ethyl adjacent to an activating group) is 1. The molecule has 7 aromatic rings. The third-order valence-electron chi connectivity index (χ3n) is 11.3. The number of amides is 2. The largest absolute Gasteiger partial charge is 0.456 e. The topological polar surface area (TPSA) is 114 Å². The van der Waals surface area contributed by atoms with Crippen LogP contribution in [0.4, 0.5) is 0 Å². The van der Waals surface area contributed by atoms with Gasteiger partial charge in [-0.1, -0.05) is 106 Å². The fraction of sp³-hybridized carbons (Fsp3) is 0.292. The van der Waals surface area contributed by atoms with Gasteiger partial charge >= 0.3 is 0 Å². The molecule has 3 aromatic heterocycles. The second-order valence-corrected chi connectivity index (χ2v) is 15.1. The zero-order valence-corrected chi connectivity index (χ0v) is 33.5. The van der Waals surface area contributed by atoms with Gasteiger partial charge in [0, 0.05) is 29.6 Å². The van der Waals surface area contributed by atoms with Crippen molar-refractivity contribution in [1.29, 1.82) is 0 Å². The van der Waals surface area contributed by atoms with Crippen LogP contribution in [0.3, 0.4) is 0 Å². The molecule has 8 rings (SSSR count). The van der Waals surface area contributed by atoms with Gasteiger partial charge in [-0.2, -0.15) is 0 Å². The SMILES string of the molecule is CCCN(Cc1ncc(-c2ccc(-c3cc4cc(-c5cnc(C6CCCN6C(=O)C(c6ccccc6)N(CC)CC)[nH]5)ccc4o3)cc2)[nH]1)C(=O)Cc1ccccc1. The van der Waals surface area contributed by atoms with Crippen LogP contribution in [-0.2, 0) is 22.6 Å². The number of aromatic nitrogens is 4. The van der Waals surface area contributed by atoms with Crippen molar-refractivity contribution in [2.24, 2.45) is 0 Å². The summed E-state index contributed by atoms with van der Waals surface area (Å²) in [7, 11) is 0. The van der Waals surface area contributed by atoms with E-state index in [1.807, 2.05) is 82.9 Å². The van der Waals surface area contributed by atoms with Crippen molar-refractivity contribution in [3.05, 3.63) is 144 Å². The van der Waals surface area contributed by atoms with Crippen molar-refractivity contribution in [1.82, 2.24) is 34.6 Å². The van der Waals surface area contributed by atoms with E-state index in [1.165, 1.54) is 0 Å². The Hall–Kier alpha value is -6.26. The third-order valence-corrected chi connectivity index (χ3v) is 11.3. The summed E-state index contributed by atoms with van der Waals surface area (Å²) in [5.41, 5.74) is 7.61. The number of carbonyl (C=O) groups excluding carboxylic acids is 2. The van der Waals surface area contributed by atoms with Gasteiger partial charge in [-0.15, -0.1) is 0 Å². The molecule has 58 heavy (non-hydrogen) atoms. The van der Waals surface area contributed by atoms with Crippen molar-refractivity contribution in [3.63, 3.8) is 0 Å². The summed E-state index contributed by atoms with van der Waals surface area (Å²) in [4.78, 5) is 50.0. The van der Waals surface area contributed by atoms with Gasteiger partial charge in [-0.05, 0) is 73.3 Å². The van der Waals surface area contributed by atoms with Crippen molar-refractivity contribution in [2.45, 2.75) is 65.1 Å². The fourth-order valence-electron chi connectivity index (χ4n) is 8.24. The highest BCUT2D eigenvalue weighted by atomic mass is 16.3. The Morgan fingerprint density at radius 3 is 2.24 bits per heavy atom. The molecule has 0 saturated carbocycles. The van der Waals surface area contributed by atoms with Crippen LogP contribution in [0.1, 0.15) is 74.9 Å². The lowest BCUT2D eigenvalue weighted by atomic mass is 10.0. The first-order valence-electron chi connectivity index (χ1n) is 20.6. The van der Waals surface area contributed by atoms with E-state index in [0.717, 1.165) is 99.9 Å². The molecule has 1 aliphatic heterocycles. The Labute approximate surface area is 339 Å². The number of benzene rings is 4. The van der Waals surface area contributed by atoms with E-state index in [4.69, 9.17) is 9.40 Å². The number of imidazole rings is 2. The zero-order chi connectivity index (χ0) is 40.0. The summed E-state index contributed by atoms with van der Waals surface area (Å²) < 4.78 is 6.32. The van der Waals surface area contributed by atoms with Crippen LogP contribution in [0.5, 0.6) is 0 Å². The highest BCUT2D eigenvalue weighted by molar-refractivity contribution is 5.87. The molecule has 2 amide bonds. The summed E-state index contributed by atoms with van der Waals surface area (Å²) in [6.45, 7) is 9.72. The summed E-state index contributed by atoms with van der Waals surface area (Å²) in [5.74, 6) is 2.58. The molecule has 1 saturated heterocycles.